The van der Waals surface area contributed by atoms with Crippen LogP contribution in [0.5, 0.6) is 5.75 Å². The van der Waals surface area contributed by atoms with Gasteiger partial charge >= 0.3 is 13.8 Å². The minimum atomic E-state index is -0.682. The molecule has 0 spiro atoms. The summed E-state index contributed by atoms with van der Waals surface area (Å²) in [6.07, 6.45) is -0.682. The molecule has 2 aromatic rings. The zero-order valence-electron chi connectivity index (χ0n) is 11.6. The molecule has 0 bridgehead atoms. The molecule has 0 aliphatic rings. The van der Waals surface area contributed by atoms with Crippen molar-refractivity contribution >= 4 is 40.5 Å². The number of nitrogens with zero attached hydrogens (tertiary/aromatic N) is 1. The first-order valence-corrected chi connectivity index (χ1v) is 6.83. The van der Waals surface area contributed by atoms with E-state index >= 15 is 0 Å². The molecule has 0 fully saturated rings. The lowest BCUT2D eigenvalue weighted by Gasteiger charge is -2.18. The molecule has 2 rings (SSSR count). The minimum Gasteiger partial charge on any atom is -0.536 e. The normalized spacial score (nSPS) is 11.3. The van der Waals surface area contributed by atoms with Crippen LogP contribution in [0.3, 0.4) is 0 Å². The van der Waals surface area contributed by atoms with E-state index in [1.165, 1.54) is 12.1 Å². The highest BCUT2D eigenvalue weighted by Gasteiger charge is 2.19. The number of halogens is 1. The van der Waals surface area contributed by atoms with Gasteiger partial charge in [-0.15, -0.1) is 0 Å². The number of thiazole rings is 1. The summed E-state index contributed by atoms with van der Waals surface area (Å²) in [5, 5.41) is 11.3. The van der Waals surface area contributed by atoms with Crippen LogP contribution in [0.25, 0.3) is 10.2 Å². The summed E-state index contributed by atoms with van der Waals surface area (Å²) < 4.78 is 23.9. The van der Waals surface area contributed by atoms with Gasteiger partial charge in [-0.2, -0.15) is 0 Å². The van der Waals surface area contributed by atoms with Crippen LogP contribution in [0.1, 0.15) is 20.8 Å². The summed E-state index contributed by atoms with van der Waals surface area (Å²) in [5.41, 5.74) is -0.442. The standard InChI is InChI=1S/C12H13BFN2O4S/c1-12(2,3)19-11(17)16-10-15-8-7(20-13-18)5-4-6(14)9(8)21-10/h4-5,18H,1-3H3,(H,15,16,17). The molecular weight excluding hydrogens is 298 g/mol. The fraction of sp³-hybridized carbons (Fsp3) is 0.333. The predicted molar refractivity (Wildman–Crippen MR) is 78.0 cm³/mol. The highest BCUT2D eigenvalue weighted by molar-refractivity contribution is 7.22. The van der Waals surface area contributed by atoms with E-state index in [4.69, 9.17) is 14.4 Å². The van der Waals surface area contributed by atoms with Crippen LogP contribution >= 0.6 is 11.3 Å². The number of ether oxygens (including phenoxy) is 1. The third-order valence-electron chi connectivity index (χ3n) is 2.25. The van der Waals surface area contributed by atoms with Gasteiger partial charge < -0.3 is 14.4 Å². The molecule has 9 heteroatoms. The fourth-order valence-corrected chi connectivity index (χ4v) is 2.42. The maximum Gasteiger partial charge on any atom is 0.569 e. The smallest absolute Gasteiger partial charge is 0.536 e. The lowest BCUT2D eigenvalue weighted by molar-refractivity contribution is 0.0636. The molecule has 2 N–H and O–H groups in total. The summed E-state index contributed by atoms with van der Waals surface area (Å²) in [4.78, 5) is 15.7. The molecule has 1 aromatic carbocycles. The number of benzene rings is 1. The van der Waals surface area contributed by atoms with Gasteiger partial charge in [0, 0.05) is 0 Å². The molecular formula is C12H13BFN2O4S. The summed E-state index contributed by atoms with van der Waals surface area (Å²) in [6, 6.07) is 2.53. The molecule has 6 nitrogen and oxygen atoms in total. The molecule has 0 aliphatic heterocycles. The van der Waals surface area contributed by atoms with E-state index in [2.05, 4.69) is 10.3 Å². The van der Waals surface area contributed by atoms with E-state index < -0.39 is 17.5 Å². The van der Waals surface area contributed by atoms with Gasteiger partial charge in [-0.3, -0.25) is 5.32 Å². The molecule has 0 saturated carbocycles. The van der Waals surface area contributed by atoms with Crippen LogP contribution in [0.4, 0.5) is 14.3 Å². The number of anilines is 1. The van der Waals surface area contributed by atoms with Gasteiger partial charge in [-0.05, 0) is 32.9 Å². The van der Waals surface area contributed by atoms with Crippen LogP contribution < -0.4 is 9.97 Å². The summed E-state index contributed by atoms with van der Waals surface area (Å²) in [7, 11) is 0.479. The van der Waals surface area contributed by atoms with Crippen molar-refractivity contribution < 1.29 is 23.6 Å². The SMILES string of the molecule is CC(C)(C)OC(=O)Nc1nc2c(O[B]O)ccc(F)c2s1. The molecule has 0 unspecified atom stereocenters. The number of nitrogens with one attached hydrogen (secondary N) is 1. The van der Waals surface area contributed by atoms with Gasteiger partial charge in [-0.1, -0.05) is 11.3 Å². The number of aromatic nitrogens is 1. The molecule has 1 aromatic heterocycles. The van der Waals surface area contributed by atoms with Crippen molar-refractivity contribution in [3.63, 3.8) is 0 Å². The van der Waals surface area contributed by atoms with E-state index in [9.17, 15) is 9.18 Å². The van der Waals surface area contributed by atoms with Crippen LogP contribution in [0, 0.1) is 5.82 Å². The number of hydrogen-bond donors (Lipinski definition) is 2. The first-order valence-electron chi connectivity index (χ1n) is 6.02. The average Bonchev–Trinajstić information content (AvgIpc) is 2.75. The summed E-state index contributed by atoms with van der Waals surface area (Å²) >= 11 is 0.945. The number of fused-ring (bicyclic) bond motifs is 1. The summed E-state index contributed by atoms with van der Waals surface area (Å²) in [5.74, 6) is -0.313. The number of carbonyl (C=O) groups excluding carboxylic acids is 1. The van der Waals surface area contributed by atoms with E-state index in [0.29, 0.717) is 7.69 Å². The largest absolute Gasteiger partial charge is 0.569 e. The first kappa shape index (κ1) is 15.5. The van der Waals surface area contributed by atoms with Gasteiger partial charge in [0.25, 0.3) is 0 Å². The Morgan fingerprint density at radius 1 is 1.48 bits per heavy atom. The predicted octanol–water partition coefficient (Wildman–Crippen LogP) is 2.69. The minimum absolute atomic E-state index is 0.173. The molecule has 1 heterocycles. The topological polar surface area (TPSA) is 80.7 Å². The van der Waals surface area contributed by atoms with Gasteiger partial charge in [0.1, 0.15) is 22.7 Å². The molecule has 0 aliphatic carbocycles. The number of hydrogen-bond acceptors (Lipinski definition) is 6. The van der Waals surface area contributed by atoms with Crippen molar-refractivity contribution in [2.75, 3.05) is 5.32 Å². The van der Waals surface area contributed by atoms with Gasteiger partial charge in [0.05, 0.1) is 4.70 Å². The summed E-state index contributed by atoms with van der Waals surface area (Å²) in [6.45, 7) is 5.19. The number of rotatable bonds is 3. The van der Waals surface area contributed by atoms with Gasteiger partial charge in [-0.25, -0.2) is 14.2 Å². The highest BCUT2D eigenvalue weighted by atomic mass is 32.1. The zero-order chi connectivity index (χ0) is 15.6. The van der Waals surface area contributed by atoms with E-state index in [1.807, 2.05) is 0 Å². The Bertz CT molecular complexity index is 671. The zero-order valence-corrected chi connectivity index (χ0v) is 12.5. The lowest BCUT2D eigenvalue weighted by Crippen LogP contribution is -2.27. The molecule has 1 amide bonds. The second kappa shape index (κ2) is 5.86. The quantitative estimate of drug-likeness (QED) is 0.852. The van der Waals surface area contributed by atoms with Gasteiger partial charge in [0.15, 0.2) is 5.13 Å². The monoisotopic (exact) mass is 311 g/mol. The maximum absolute atomic E-state index is 13.7. The van der Waals surface area contributed by atoms with Crippen molar-refractivity contribution in [3.05, 3.63) is 17.9 Å². The van der Waals surface area contributed by atoms with E-state index in [1.54, 1.807) is 20.8 Å². The van der Waals surface area contributed by atoms with E-state index in [0.717, 1.165) is 11.3 Å². The molecule has 0 saturated heterocycles. The van der Waals surface area contributed by atoms with Crippen LogP contribution in [-0.4, -0.2) is 29.4 Å². The third kappa shape index (κ3) is 3.82. The number of amides is 1. The van der Waals surface area contributed by atoms with Crippen molar-refractivity contribution in [2.45, 2.75) is 26.4 Å². The van der Waals surface area contributed by atoms with Crippen molar-refractivity contribution in [3.8, 4) is 5.75 Å². The lowest BCUT2D eigenvalue weighted by atomic mass is 10.2. The van der Waals surface area contributed by atoms with E-state index in [-0.39, 0.29) is 21.1 Å². The molecule has 21 heavy (non-hydrogen) atoms. The fourth-order valence-electron chi connectivity index (χ4n) is 1.55. The van der Waals surface area contributed by atoms with Crippen LogP contribution in [-0.2, 0) is 4.74 Å². The Labute approximate surface area is 125 Å². The Balaban J connectivity index is 2.28. The first-order chi connectivity index (χ1) is 9.80. The molecule has 0 atom stereocenters. The average molecular weight is 311 g/mol. The van der Waals surface area contributed by atoms with Crippen molar-refractivity contribution in [1.29, 1.82) is 0 Å². The van der Waals surface area contributed by atoms with Crippen LogP contribution in [0.15, 0.2) is 12.1 Å². The maximum atomic E-state index is 13.7. The van der Waals surface area contributed by atoms with Crippen molar-refractivity contribution in [2.24, 2.45) is 0 Å². The second-order valence-corrected chi connectivity index (χ2v) is 6.09. The van der Waals surface area contributed by atoms with Crippen LogP contribution in [0.2, 0.25) is 0 Å². The third-order valence-corrected chi connectivity index (χ3v) is 3.23. The number of carbonyl (C=O) groups is 1. The Kier molecular flexibility index (Phi) is 4.33. The Morgan fingerprint density at radius 3 is 2.81 bits per heavy atom. The highest BCUT2D eigenvalue weighted by Crippen LogP contribution is 2.34. The molecule has 1 radical (unpaired) electrons. The molecule has 111 valence electrons. The second-order valence-electron chi connectivity index (χ2n) is 5.09. The Morgan fingerprint density at radius 2 is 2.19 bits per heavy atom. The Hall–Kier alpha value is -1.87. The van der Waals surface area contributed by atoms with Crippen molar-refractivity contribution in [1.82, 2.24) is 4.98 Å². The van der Waals surface area contributed by atoms with Gasteiger partial charge in [0.2, 0.25) is 0 Å².